The third kappa shape index (κ3) is 2.45. The van der Waals surface area contributed by atoms with Gasteiger partial charge in [0, 0.05) is 23.2 Å². The number of fused-ring (bicyclic) bond motifs is 3. The van der Waals surface area contributed by atoms with Gasteiger partial charge in [0.05, 0.1) is 13.2 Å². The third-order valence-corrected chi connectivity index (χ3v) is 13.7. The minimum absolute atomic E-state index is 0.119. The molecule has 0 aromatic heterocycles. The van der Waals surface area contributed by atoms with Gasteiger partial charge in [-0.3, -0.25) is 4.79 Å². The molecule has 0 radical (unpaired) electrons. The van der Waals surface area contributed by atoms with Gasteiger partial charge in [0.1, 0.15) is 5.78 Å². The molecular weight excluding hydrogens is 392 g/mol. The van der Waals surface area contributed by atoms with Crippen LogP contribution >= 0.6 is 0 Å². The lowest BCUT2D eigenvalue weighted by atomic mass is 9.29. The lowest BCUT2D eigenvalue weighted by Crippen LogP contribution is -2.73. The molecule has 6 fully saturated rings. The molecule has 180 valence electrons. The van der Waals surface area contributed by atoms with Gasteiger partial charge in [0.25, 0.3) is 0 Å². The summed E-state index contributed by atoms with van der Waals surface area (Å²) < 4.78 is 6.71. The van der Waals surface area contributed by atoms with E-state index in [4.69, 9.17) is 4.74 Å². The summed E-state index contributed by atoms with van der Waals surface area (Å²) in [4.78, 5) is 13.7. The Morgan fingerprint density at radius 3 is 2.34 bits per heavy atom. The number of carbonyl (C=O) groups is 1. The quantitative estimate of drug-likeness (QED) is 0.391. The van der Waals surface area contributed by atoms with E-state index in [1.54, 1.807) is 0 Å². The molecule has 0 amide bonds. The molecule has 1 heterocycles. The van der Waals surface area contributed by atoms with Crippen molar-refractivity contribution in [3.05, 3.63) is 0 Å². The van der Waals surface area contributed by atoms with Gasteiger partial charge in [0.15, 0.2) is 0 Å². The summed E-state index contributed by atoms with van der Waals surface area (Å²) in [5.74, 6) is 3.01. The van der Waals surface area contributed by atoms with E-state index < -0.39 is 0 Å². The van der Waals surface area contributed by atoms with Crippen molar-refractivity contribution >= 4 is 5.78 Å². The number of carbonyl (C=O) groups excluding carboxylic acids is 1. The van der Waals surface area contributed by atoms with E-state index in [2.05, 4.69) is 41.5 Å². The van der Waals surface area contributed by atoms with Crippen LogP contribution < -0.4 is 0 Å². The Kier molecular flexibility index (Phi) is 4.45. The van der Waals surface area contributed by atoms with E-state index >= 15 is 0 Å². The Morgan fingerprint density at radius 2 is 1.56 bits per heavy atom. The molecule has 9 atom stereocenters. The van der Waals surface area contributed by atoms with Gasteiger partial charge in [-0.1, -0.05) is 41.5 Å². The number of rotatable bonds is 0. The van der Waals surface area contributed by atoms with Crippen LogP contribution in [0.5, 0.6) is 0 Å². The molecule has 6 aliphatic rings. The van der Waals surface area contributed by atoms with E-state index in [1.165, 1.54) is 57.8 Å². The third-order valence-electron chi connectivity index (χ3n) is 13.7. The van der Waals surface area contributed by atoms with Gasteiger partial charge in [-0.25, -0.2) is 0 Å². The summed E-state index contributed by atoms with van der Waals surface area (Å²) in [6.45, 7) is 17.2. The zero-order valence-electron chi connectivity index (χ0n) is 21.8. The van der Waals surface area contributed by atoms with Crippen LogP contribution in [0.2, 0.25) is 0 Å². The van der Waals surface area contributed by atoms with Gasteiger partial charge in [-0.15, -0.1) is 0 Å². The van der Waals surface area contributed by atoms with E-state index in [0.717, 1.165) is 32.0 Å². The summed E-state index contributed by atoms with van der Waals surface area (Å²) in [7, 11) is 0. The Morgan fingerprint density at radius 1 is 0.812 bits per heavy atom. The molecule has 32 heavy (non-hydrogen) atoms. The van der Waals surface area contributed by atoms with Crippen LogP contribution in [-0.4, -0.2) is 19.0 Å². The van der Waals surface area contributed by atoms with Gasteiger partial charge in [-0.2, -0.15) is 0 Å². The first-order chi connectivity index (χ1) is 14.9. The minimum Gasteiger partial charge on any atom is -0.380 e. The number of Topliss-reactive ketones (excluding diaryl/α,β-unsaturated/α-hetero) is 1. The van der Waals surface area contributed by atoms with Crippen LogP contribution in [-0.2, 0) is 9.53 Å². The summed E-state index contributed by atoms with van der Waals surface area (Å²) in [5.41, 5.74) is 1.94. The molecule has 0 aromatic rings. The summed E-state index contributed by atoms with van der Waals surface area (Å²) in [5, 5.41) is 0. The monoisotopic (exact) mass is 440 g/mol. The fourth-order valence-corrected chi connectivity index (χ4v) is 11.6. The highest BCUT2D eigenvalue weighted by Crippen LogP contribution is 2.79. The fourth-order valence-electron chi connectivity index (χ4n) is 11.6. The smallest absolute Gasteiger partial charge is 0.137 e. The van der Waals surface area contributed by atoms with Crippen molar-refractivity contribution < 1.29 is 9.53 Å². The molecule has 6 rings (SSSR count). The van der Waals surface area contributed by atoms with Crippen molar-refractivity contribution in [2.24, 2.45) is 56.2 Å². The number of hydrogen-bond donors (Lipinski definition) is 0. The molecule has 0 unspecified atom stereocenters. The standard InChI is InChI=1S/C30H48O2/c1-20-7-8-21(31)24-27(20,5)10-9-22-29(24)15-14-28(6)23-17-25(2,3)11-12-26(23,4)13-16-30(22,28)19-32-18-29/h20,22-24H,7-19H2,1-6H3/t20-,22-,23+,24+,26+,27+,28-,29-,30-/m0/s1. The van der Waals surface area contributed by atoms with Crippen LogP contribution in [0.1, 0.15) is 112 Å². The topological polar surface area (TPSA) is 26.3 Å². The highest BCUT2D eigenvalue weighted by molar-refractivity contribution is 5.84. The molecule has 2 heteroatoms. The molecule has 1 aliphatic heterocycles. The summed E-state index contributed by atoms with van der Waals surface area (Å²) in [6.07, 6.45) is 14.0. The molecule has 2 bridgehead atoms. The predicted octanol–water partition coefficient (Wildman–Crippen LogP) is 7.45. The Labute approximate surface area is 197 Å². The van der Waals surface area contributed by atoms with E-state index in [0.29, 0.717) is 39.3 Å². The van der Waals surface area contributed by atoms with E-state index in [1.807, 2.05) is 0 Å². The Balaban J connectivity index is 1.46. The molecule has 2 nitrogen and oxygen atoms in total. The van der Waals surface area contributed by atoms with Crippen LogP contribution in [0, 0.1) is 56.2 Å². The normalized spacial score (nSPS) is 58.8. The number of ether oxygens (including phenoxy) is 1. The summed E-state index contributed by atoms with van der Waals surface area (Å²) in [6, 6.07) is 0. The van der Waals surface area contributed by atoms with Crippen molar-refractivity contribution in [3.63, 3.8) is 0 Å². The van der Waals surface area contributed by atoms with Crippen molar-refractivity contribution in [2.45, 2.75) is 112 Å². The van der Waals surface area contributed by atoms with Crippen LogP contribution in [0.25, 0.3) is 0 Å². The molecule has 1 saturated heterocycles. The maximum absolute atomic E-state index is 13.7. The minimum atomic E-state index is 0.119. The molecule has 5 saturated carbocycles. The predicted molar refractivity (Wildman–Crippen MR) is 129 cm³/mol. The van der Waals surface area contributed by atoms with Crippen LogP contribution in [0.3, 0.4) is 0 Å². The zero-order chi connectivity index (χ0) is 22.8. The van der Waals surface area contributed by atoms with Gasteiger partial charge in [0.2, 0.25) is 0 Å². The molecule has 5 aliphatic carbocycles. The van der Waals surface area contributed by atoms with Gasteiger partial charge in [-0.05, 0) is 104 Å². The van der Waals surface area contributed by atoms with E-state index in [9.17, 15) is 4.79 Å². The highest BCUT2D eigenvalue weighted by atomic mass is 16.5. The van der Waals surface area contributed by atoms with Gasteiger partial charge >= 0.3 is 0 Å². The lowest BCUT2D eigenvalue weighted by molar-refractivity contribution is -0.317. The number of hydrogen-bond acceptors (Lipinski definition) is 2. The average molecular weight is 441 g/mol. The summed E-state index contributed by atoms with van der Waals surface area (Å²) >= 11 is 0. The molecule has 1 spiro atoms. The number of ketones is 1. The van der Waals surface area contributed by atoms with Crippen molar-refractivity contribution in [2.75, 3.05) is 13.2 Å². The first-order valence-electron chi connectivity index (χ1n) is 14.0. The van der Waals surface area contributed by atoms with Gasteiger partial charge < -0.3 is 4.74 Å². The lowest BCUT2D eigenvalue weighted by Gasteiger charge is -2.77. The van der Waals surface area contributed by atoms with Crippen molar-refractivity contribution in [1.82, 2.24) is 0 Å². The average Bonchev–Trinajstić information content (AvgIpc) is 2.73. The maximum Gasteiger partial charge on any atom is 0.137 e. The van der Waals surface area contributed by atoms with Crippen molar-refractivity contribution in [1.29, 1.82) is 0 Å². The fraction of sp³-hybridized carbons (Fsp3) is 0.967. The largest absolute Gasteiger partial charge is 0.380 e. The second kappa shape index (κ2) is 6.44. The van der Waals surface area contributed by atoms with E-state index in [-0.39, 0.29) is 16.7 Å². The molecule has 0 aromatic carbocycles. The second-order valence-corrected chi connectivity index (χ2v) is 15.3. The molecule has 0 N–H and O–H groups in total. The second-order valence-electron chi connectivity index (χ2n) is 15.3. The van der Waals surface area contributed by atoms with Crippen LogP contribution in [0.4, 0.5) is 0 Å². The maximum atomic E-state index is 13.7. The highest BCUT2D eigenvalue weighted by Gasteiger charge is 2.75. The Bertz CT molecular complexity index is 831. The first-order valence-corrected chi connectivity index (χ1v) is 14.0. The SMILES string of the molecule is C[C@H]1CCC(=O)[C@@H]2[C@]1(C)CC[C@H]1[C@@]23CC[C@@]2(C)[C@@H]4CC(C)(C)CC[C@]4(C)CC[C@]12COC3. The first kappa shape index (κ1) is 22.1. The zero-order valence-corrected chi connectivity index (χ0v) is 21.8. The Hall–Kier alpha value is -0.370. The van der Waals surface area contributed by atoms with Crippen LogP contribution in [0.15, 0.2) is 0 Å². The molecular formula is C30H48O2. The van der Waals surface area contributed by atoms with Crippen molar-refractivity contribution in [3.8, 4) is 0 Å².